The van der Waals surface area contributed by atoms with Gasteiger partial charge < -0.3 is 24.8 Å². The molecule has 3 N–H and O–H groups in total. The van der Waals surface area contributed by atoms with Crippen molar-refractivity contribution in [3.63, 3.8) is 0 Å². The molecule has 5 nitrogen and oxygen atoms in total. The van der Waals surface area contributed by atoms with Crippen LogP contribution in [0.15, 0.2) is 12.2 Å². The molecule has 0 spiro atoms. The Labute approximate surface area is 159 Å². The Kier molecular flexibility index (Phi) is 14.1. The first-order chi connectivity index (χ1) is 12.7. The zero-order chi connectivity index (χ0) is 19.0. The number of ether oxygens (including phenoxy) is 2. The van der Waals surface area contributed by atoms with Crippen LogP contribution < -0.4 is 0 Å². The van der Waals surface area contributed by atoms with Crippen LogP contribution in [0.2, 0.25) is 0 Å². The van der Waals surface area contributed by atoms with Gasteiger partial charge in [0.15, 0.2) is 0 Å². The van der Waals surface area contributed by atoms with Crippen LogP contribution in [-0.2, 0) is 9.47 Å². The number of rotatable bonds is 16. The van der Waals surface area contributed by atoms with E-state index in [1.54, 1.807) is 0 Å². The molecule has 1 aliphatic rings. The Hall–Kier alpha value is -0.460. The van der Waals surface area contributed by atoms with E-state index < -0.39 is 24.4 Å². The van der Waals surface area contributed by atoms with E-state index in [1.165, 1.54) is 57.8 Å². The zero-order valence-corrected chi connectivity index (χ0v) is 16.5. The van der Waals surface area contributed by atoms with E-state index in [9.17, 15) is 15.3 Å². The highest BCUT2D eigenvalue weighted by Gasteiger charge is 2.39. The summed E-state index contributed by atoms with van der Waals surface area (Å²) in [6, 6.07) is 0. The largest absolute Gasteiger partial charge is 0.388 e. The molecule has 0 unspecified atom stereocenters. The van der Waals surface area contributed by atoms with Crippen molar-refractivity contribution < 1.29 is 24.8 Å². The van der Waals surface area contributed by atoms with E-state index in [4.69, 9.17) is 9.47 Å². The molecule has 0 aliphatic carbocycles. The number of aliphatic hydroxyl groups excluding tert-OH is 3. The average Bonchev–Trinajstić information content (AvgIpc) is 2.97. The average molecular weight is 373 g/mol. The van der Waals surface area contributed by atoms with Gasteiger partial charge in [-0.25, -0.2) is 0 Å². The van der Waals surface area contributed by atoms with Gasteiger partial charge in [0.05, 0.1) is 19.8 Å². The first-order valence-electron chi connectivity index (χ1n) is 10.5. The molecule has 0 amide bonds. The number of hydrogen-bond donors (Lipinski definition) is 3. The summed E-state index contributed by atoms with van der Waals surface area (Å²) in [4.78, 5) is 0. The zero-order valence-electron chi connectivity index (χ0n) is 16.5. The summed E-state index contributed by atoms with van der Waals surface area (Å²) in [5.41, 5.74) is 0. The minimum Gasteiger partial charge on any atom is -0.388 e. The van der Waals surface area contributed by atoms with Crippen molar-refractivity contribution in [2.75, 3.05) is 19.8 Å². The number of aliphatic hydroxyl groups is 3. The summed E-state index contributed by atoms with van der Waals surface area (Å²) in [5.74, 6) is 0. The van der Waals surface area contributed by atoms with Gasteiger partial charge in [0.1, 0.15) is 24.4 Å². The van der Waals surface area contributed by atoms with Gasteiger partial charge in [-0.1, -0.05) is 70.4 Å². The standard InChI is InChI=1S/C21H40O5/c1-2-3-4-5-6-7-8-9-10-11-12-13-14-15-25-16-19(23)21-20(24)18(22)17-26-21/h12-13,18-24H,2-11,14-17H2,1H3/b13-12+/t18-,19+,20-,21-/m1/s1. The van der Waals surface area contributed by atoms with E-state index in [2.05, 4.69) is 19.1 Å². The molecule has 1 heterocycles. The third kappa shape index (κ3) is 10.6. The van der Waals surface area contributed by atoms with Crippen LogP contribution in [0.5, 0.6) is 0 Å². The van der Waals surface area contributed by atoms with Crippen molar-refractivity contribution in [3.8, 4) is 0 Å². The molecule has 0 saturated carbocycles. The third-order valence-corrected chi connectivity index (χ3v) is 4.93. The van der Waals surface area contributed by atoms with Crippen molar-refractivity contribution in [2.45, 2.75) is 102 Å². The van der Waals surface area contributed by atoms with Gasteiger partial charge in [-0.3, -0.25) is 0 Å². The predicted molar refractivity (Wildman–Crippen MR) is 104 cm³/mol. The molecule has 0 aromatic heterocycles. The predicted octanol–water partition coefficient (Wildman–Crippen LogP) is 3.35. The molecule has 1 saturated heterocycles. The number of allylic oxidation sites excluding steroid dienone is 1. The lowest BCUT2D eigenvalue weighted by Crippen LogP contribution is -2.40. The maximum Gasteiger partial charge on any atom is 0.114 e. The lowest BCUT2D eigenvalue weighted by molar-refractivity contribution is -0.0806. The molecule has 1 rings (SSSR count). The van der Waals surface area contributed by atoms with Gasteiger partial charge in [-0.05, 0) is 19.3 Å². The van der Waals surface area contributed by atoms with Crippen molar-refractivity contribution in [3.05, 3.63) is 12.2 Å². The van der Waals surface area contributed by atoms with Crippen molar-refractivity contribution in [1.29, 1.82) is 0 Å². The number of hydrogen-bond acceptors (Lipinski definition) is 5. The fourth-order valence-electron chi connectivity index (χ4n) is 3.22. The first kappa shape index (κ1) is 23.6. The maximum absolute atomic E-state index is 9.90. The minimum atomic E-state index is -1.04. The van der Waals surface area contributed by atoms with Crippen LogP contribution in [0.4, 0.5) is 0 Å². The van der Waals surface area contributed by atoms with Gasteiger partial charge >= 0.3 is 0 Å². The van der Waals surface area contributed by atoms with Gasteiger partial charge in [0, 0.05) is 0 Å². The van der Waals surface area contributed by atoms with E-state index in [-0.39, 0.29) is 13.2 Å². The molecular weight excluding hydrogens is 332 g/mol. The Morgan fingerprint density at radius 1 is 0.962 bits per heavy atom. The molecule has 0 aromatic rings. The Morgan fingerprint density at radius 2 is 1.58 bits per heavy atom. The monoisotopic (exact) mass is 372 g/mol. The summed E-state index contributed by atoms with van der Waals surface area (Å²) in [6.07, 6.45) is 14.8. The van der Waals surface area contributed by atoms with E-state index in [1.807, 2.05) is 0 Å². The molecule has 4 atom stereocenters. The van der Waals surface area contributed by atoms with E-state index >= 15 is 0 Å². The van der Waals surface area contributed by atoms with Crippen LogP contribution >= 0.6 is 0 Å². The maximum atomic E-state index is 9.90. The lowest BCUT2D eigenvalue weighted by atomic mass is 10.1. The molecule has 0 radical (unpaired) electrons. The van der Waals surface area contributed by atoms with Gasteiger partial charge in [0.2, 0.25) is 0 Å². The van der Waals surface area contributed by atoms with Crippen LogP contribution in [-0.4, -0.2) is 59.6 Å². The second kappa shape index (κ2) is 15.6. The van der Waals surface area contributed by atoms with Crippen LogP contribution in [0.25, 0.3) is 0 Å². The molecule has 154 valence electrons. The molecule has 0 bridgehead atoms. The molecule has 5 heteroatoms. The molecule has 1 aliphatic heterocycles. The molecule has 1 fully saturated rings. The fraction of sp³-hybridized carbons (Fsp3) is 0.905. The van der Waals surface area contributed by atoms with Gasteiger partial charge in [0.25, 0.3) is 0 Å². The Bertz CT molecular complexity index is 347. The Balaban J connectivity index is 1.85. The lowest BCUT2D eigenvalue weighted by Gasteiger charge is -2.20. The summed E-state index contributed by atoms with van der Waals surface area (Å²) in [5, 5.41) is 28.9. The van der Waals surface area contributed by atoms with E-state index in [0.717, 1.165) is 12.8 Å². The third-order valence-electron chi connectivity index (χ3n) is 4.93. The van der Waals surface area contributed by atoms with Crippen molar-refractivity contribution in [2.24, 2.45) is 0 Å². The van der Waals surface area contributed by atoms with Crippen LogP contribution in [0.1, 0.15) is 77.6 Å². The topological polar surface area (TPSA) is 79.2 Å². The highest BCUT2D eigenvalue weighted by molar-refractivity contribution is 4.88. The number of unbranched alkanes of at least 4 members (excludes halogenated alkanes) is 9. The highest BCUT2D eigenvalue weighted by atomic mass is 16.5. The summed E-state index contributed by atoms with van der Waals surface area (Å²) >= 11 is 0. The fourth-order valence-corrected chi connectivity index (χ4v) is 3.22. The normalized spacial score (nSPS) is 24.5. The minimum absolute atomic E-state index is 0.0600. The van der Waals surface area contributed by atoms with Gasteiger partial charge in [-0.2, -0.15) is 0 Å². The van der Waals surface area contributed by atoms with Gasteiger partial charge in [-0.15, -0.1) is 0 Å². The van der Waals surface area contributed by atoms with Crippen molar-refractivity contribution in [1.82, 2.24) is 0 Å². The molecule has 26 heavy (non-hydrogen) atoms. The second-order valence-electron chi connectivity index (χ2n) is 7.38. The Morgan fingerprint density at radius 3 is 2.19 bits per heavy atom. The first-order valence-corrected chi connectivity index (χ1v) is 10.5. The summed E-state index contributed by atoms with van der Waals surface area (Å²) in [7, 11) is 0. The quantitative estimate of drug-likeness (QED) is 0.286. The van der Waals surface area contributed by atoms with Crippen molar-refractivity contribution >= 4 is 0 Å². The summed E-state index contributed by atoms with van der Waals surface area (Å²) < 4.78 is 10.6. The van der Waals surface area contributed by atoms with Crippen LogP contribution in [0, 0.1) is 0 Å². The molecule has 0 aromatic carbocycles. The summed E-state index contributed by atoms with van der Waals surface area (Å²) in [6.45, 7) is 2.97. The molecular formula is C21H40O5. The highest BCUT2D eigenvalue weighted by Crippen LogP contribution is 2.17. The SMILES string of the molecule is CCCCCCCCCCC/C=C/CCOC[C@H](O)[C@H]1OC[C@@H](O)[C@H]1O. The van der Waals surface area contributed by atoms with E-state index in [0.29, 0.717) is 6.61 Å². The van der Waals surface area contributed by atoms with Crippen LogP contribution in [0.3, 0.4) is 0 Å². The second-order valence-corrected chi connectivity index (χ2v) is 7.38. The smallest absolute Gasteiger partial charge is 0.114 e.